The zero-order valence-electron chi connectivity index (χ0n) is 24.1. The third kappa shape index (κ3) is 6.79. The molecule has 44 heavy (non-hydrogen) atoms. The predicted octanol–water partition coefficient (Wildman–Crippen LogP) is 2.39. The van der Waals surface area contributed by atoms with Gasteiger partial charge < -0.3 is 25.2 Å². The number of hydrogen-bond donors (Lipinski definition) is 4. The molecule has 0 saturated heterocycles. The van der Waals surface area contributed by atoms with Crippen LogP contribution < -0.4 is 16.2 Å². The molecule has 0 saturated carbocycles. The molecule has 0 aliphatic rings. The maximum atomic E-state index is 14.0. The van der Waals surface area contributed by atoms with Crippen molar-refractivity contribution in [1.29, 1.82) is 0 Å². The van der Waals surface area contributed by atoms with Crippen LogP contribution in [0.3, 0.4) is 0 Å². The van der Waals surface area contributed by atoms with Crippen LogP contribution in [-0.4, -0.2) is 66.0 Å². The maximum absolute atomic E-state index is 14.0. The molecule has 5 N–H and O–H groups in total. The number of amides is 1. The minimum atomic E-state index is -4.88. The van der Waals surface area contributed by atoms with Gasteiger partial charge in [-0.25, -0.2) is 4.79 Å². The van der Waals surface area contributed by atoms with E-state index < -0.39 is 50.4 Å². The topological polar surface area (TPSA) is 215 Å². The first-order valence-corrected chi connectivity index (χ1v) is 14.8. The van der Waals surface area contributed by atoms with Gasteiger partial charge in [0, 0.05) is 11.8 Å². The molecule has 2 heterocycles. The maximum Gasteiger partial charge on any atom is 0.329 e. The van der Waals surface area contributed by atoms with Gasteiger partial charge in [0.2, 0.25) is 5.95 Å². The third-order valence-corrected chi connectivity index (χ3v) is 8.03. The van der Waals surface area contributed by atoms with Gasteiger partial charge in [-0.2, -0.15) is 13.4 Å². The molecule has 232 valence electrons. The summed E-state index contributed by atoms with van der Waals surface area (Å²) in [4.78, 5) is 62.7. The minimum Gasteiger partial charge on any atom is -0.469 e. The molecular weight excluding hydrogens is 594 g/mol. The van der Waals surface area contributed by atoms with Gasteiger partial charge in [-0.15, -0.1) is 0 Å². The molecule has 0 fully saturated rings. The molecule has 1 unspecified atom stereocenters. The molecule has 2 aromatic carbocycles. The van der Waals surface area contributed by atoms with Gasteiger partial charge in [0.15, 0.2) is 0 Å². The number of aryl methyl sites for hydroxylation is 2. The van der Waals surface area contributed by atoms with Crippen molar-refractivity contribution in [1.82, 2.24) is 15.0 Å². The summed E-state index contributed by atoms with van der Waals surface area (Å²) in [6.45, 7) is 1.64. The van der Waals surface area contributed by atoms with E-state index in [4.69, 9.17) is 15.2 Å². The molecule has 2 aromatic heterocycles. The highest BCUT2D eigenvalue weighted by atomic mass is 32.2. The van der Waals surface area contributed by atoms with E-state index in [1.165, 1.54) is 24.3 Å². The summed E-state index contributed by atoms with van der Waals surface area (Å²) < 4.78 is 45.0. The molecular formula is C29H31N5O9S. The Morgan fingerprint density at radius 3 is 2.39 bits per heavy atom. The number of esters is 2. The van der Waals surface area contributed by atoms with Crippen molar-refractivity contribution in [3.8, 4) is 0 Å². The Labute approximate surface area is 251 Å². The number of methoxy groups -OCH3 is 2. The lowest BCUT2D eigenvalue weighted by atomic mass is 9.91. The molecule has 15 heteroatoms. The molecule has 0 bridgehead atoms. The SMILES string of the molecule is COC(=O)C(CCc1c[nH]c2[nH]c(N)nc(=O)c12)C[C@@H](C(=O)OC)N(C(=O)c1ccccc1)c1cc(C)ccc1S(=O)(=O)O. The largest absolute Gasteiger partial charge is 0.469 e. The standard InChI is InChI=1S/C29H31N5O9S/c1-16-9-12-22(44(39,40)41)20(13-16)34(26(36)17-7-5-4-6-8-17)21(28(38)43-3)14-18(27(37)42-2)10-11-19-15-31-24-23(19)25(35)33-29(30)32-24/h4-9,12-13,15,18,21H,10-11,14H2,1-3H3,(H,39,40,41)(H4,30,31,32,33,35)/t18?,21-/m0/s1. The van der Waals surface area contributed by atoms with Crippen LogP contribution in [0.1, 0.15) is 34.3 Å². The normalized spacial score (nSPS) is 12.8. The molecule has 14 nitrogen and oxygen atoms in total. The second-order valence-corrected chi connectivity index (χ2v) is 11.4. The smallest absolute Gasteiger partial charge is 0.329 e. The van der Waals surface area contributed by atoms with Crippen LogP contribution in [0.15, 0.2) is 64.4 Å². The van der Waals surface area contributed by atoms with Gasteiger partial charge >= 0.3 is 11.9 Å². The minimum absolute atomic E-state index is 0.0449. The van der Waals surface area contributed by atoms with E-state index in [1.54, 1.807) is 31.3 Å². The van der Waals surface area contributed by atoms with Crippen LogP contribution >= 0.6 is 0 Å². The molecule has 4 aromatic rings. The Morgan fingerprint density at radius 1 is 1.07 bits per heavy atom. The van der Waals surface area contributed by atoms with E-state index in [2.05, 4.69) is 15.0 Å². The van der Waals surface area contributed by atoms with Gasteiger partial charge in [-0.05, 0) is 61.6 Å². The number of nitrogens with one attached hydrogen (secondary N) is 2. The quantitative estimate of drug-likeness (QED) is 0.140. The summed E-state index contributed by atoms with van der Waals surface area (Å²) in [7, 11) is -2.63. The highest BCUT2D eigenvalue weighted by molar-refractivity contribution is 7.86. The summed E-state index contributed by atoms with van der Waals surface area (Å²) in [6.07, 6.45) is 1.39. The fraction of sp³-hybridized carbons (Fsp3) is 0.276. The van der Waals surface area contributed by atoms with Gasteiger partial charge in [-0.3, -0.25) is 23.8 Å². The molecule has 0 aliphatic heterocycles. The molecule has 0 radical (unpaired) electrons. The lowest BCUT2D eigenvalue weighted by Crippen LogP contribution is -2.48. The highest BCUT2D eigenvalue weighted by Crippen LogP contribution is 2.33. The summed E-state index contributed by atoms with van der Waals surface area (Å²) in [5.74, 6) is -3.57. The number of rotatable bonds is 11. The van der Waals surface area contributed by atoms with Crippen molar-refractivity contribution in [2.24, 2.45) is 5.92 Å². The van der Waals surface area contributed by atoms with Crippen molar-refractivity contribution >= 4 is 50.6 Å². The Balaban J connectivity index is 1.81. The van der Waals surface area contributed by atoms with Crippen LogP contribution in [0.4, 0.5) is 11.6 Å². The number of fused-ring (bicyclic) bond motifs is 1. The number of benzene rings is 2. The van der Waals surface area contributed by atoms with E-state index in [9.17, 15) is 32.1 Å². The van der Waals surface area contributed by atoms with Crippen molar-refractivity contribution < 1.29 is 36.8 Å². The van der Waals surface area contributed by atoms with E-state index in [1.807, 2.05) is 0 Å². The Morgan fingerprint density at radius 2 is 1.75 bits per heavy atom. The first-order chi connectivity index (χ1) is 20.8. The number of anilines is 2. The van der Waals surface area contributed by atoms with Crippen LogP contribution in [-0.2, 0) is 35.6 Å². The average Bonchev–Trinajstić information content (AvgIpc) is 3.40. The molecule has 1 amide bonds. The number of nitrogens with two attached hydrogens (primary N) is 1. The number of aromatic nitrogens is 3. The molecule has 4 rings (SSSR count). The fourth-order valence-electron chi connectivity index (χ4n) is 5.04. The van der Waals surface area contributed by atoms with Crippen molar-refractivity contribution in [3.63, 3.8) is 0 Å². The van der Waals surface area contributed by atoms with Crippen molar-refractivity contribution in [2.45, 2.75) is 37.1 Å². The molecule has 0 spiro atoms. The Bertz CT molecular complexity index is 1870. The number of carbonyl (C=O) groups is 3. The van der Waals surface area contributed by atoms with Crippen LogP contribution in [0.2, 0.25) is 0 Å². The van der Waals surface area contributed by atoms with E-state index in [0.717, 1.165) is 25.2 Å². The highest BCUT2D eigenvalue weighted by Gasteiger charge is 2.39. The number of hydrogen-bond acceptors (Lipinski definition) is 10. The number of nitrogen functional groups attached to an aromatic ring is 1. The Kier molecular flexibility index (Phi) is 9.50. The van der Waals surface area contributed by atoms with Gasteiger partial charge in [0.1, 0.15) is 16.6 Å². The summed E-state index contributed by atoms with van der Waals surface area (Å²) in [6, 6.07) is 10.1. The Hall–Kier alpha value is -5.02. The van der Waals surface area contributed by atoms with Crippen molar-refractivity contribution in [3.05, 3.63) is 81.8 Å². The summed E-state index contributed by atoms with van der Waals surface area (Å²) >= 11 is 0. The zero-order valence-corrected chi connectivity index (χ0v) is 24.9. The predicted molar refractivity (Wildman–Crippen MR) is 160 cm³/mol. The van der Waals surface area contributed by atoms with E-state index >= 15 is 0 Å². The third-order valence-electron chi connectivity index (χ3n) is 7.13. The number of H-pyrrole nitrogens is 2. The summed E-state index contributed by atoms with van der Waals surface area (Å²) in [5.41, 5.74) is 6.24. The van der Waals surface area contributed by atoms with Crippen LogP contribution in [0, 0.1) is 12.8 Å². The number of aromatic amines is 2. The lowest BCUT2D eigenvalue weighted by Gasteiger charge is -2.33. The van der Waals surface area contributed by atoms with Gasteiger partial charge in [0.05, 0.1) is 31.2 Å². The number of ether oxygens (including phenoxy) is 2. The summed E-state index contributed by atoms with van der Waals surface area (Å²) in [5, 5.41) is 0.241. The fourth-order valence-corrected chi connectivity index (χ4v) is 5.70. The van der Waals surface area contributed by atoms with Gasteiger partial charge in [-0.1, -0.05) is 24.3 Å². The van der Waals surface area contributed by atoms with E-state index in [-0.39, 0.29) is 41.8 Å². The van der Waals surface area contributed by atoms with Crippen molar-refractivity contribution in [2.75, 3.05) is 24.9 Å². The van der Waals surface area contributed by atoms with E-state index in [0.29, 0.717) is 16.8 Å². The first-order valence-electron chi connectivity index (χ1n) is 13.3. The van der Waals surface area contributed by atoms with Crippen LogP contribution in [0.25, 0.3) is 11.0 Å². The van der Waals surface area contributed by atoms with Crippen LogP contribution in [0.5, 0.6) is 0 Å². The lowest BCUT2D eigenvalue weighted by molar-refractivity contribution is -0.147. The number of carbonyl (C=O) groups excluding carboxylic acids is 3. The second-order valence-electron chi connectivity index (χ2n) is 10.0. The average molecular weight is 626 g/mol. The first kappa shape index (κ1) is 31.9. The monoisotopic (exact) mass is 625 g/mol. The number of nitrogens with zero attached hydrogens (tertiary/aromatic N) is 2. The second kappa shape index (κ2) is 13.1. The zero-order chi connectivity index (χ0) is 32.2. The molecule has 2 atom stereocenters. The van der Waals surface area contributed by atoms with Gasteiger partial charge in [0.25, 0.3) is 21.6 Å². The molecule has 0 aliphatic carbocycles.